The number of piperazine rings is 1. The van der Waals surface area contributed by atoms with Gasteiger partial charge in [-0.3, -0.25) is 4.90 Å². The first-order chi connectivity index (χ1) is 12.0. The largest absolute Gasteiger partial charge is 0.416 e. The zero-order valence-electron chi connectivity index (χ0n) is 13.6. The Morgan fingerprint density at radius 2 is 1.96 bits per heavy atom. The van der Waals surface area contributed by atoms with E-state index in [0.29, 0.717) is 5.69 Å². The average Bonchev–Trinajstić information content (AvgIpc) is 3.12. The lowest BCUT2D eigenvalue weighted by Gasteiger charge is -2.36. The topological polar surface area (TPSA) is 32.3 Å². The van der Waals surface area contributed by atoms with Gasteiger partial charge in [0, 0.05) is 37.6 Å². The third kappa shape index (κ3) is 5.32. The summed E-state index contributed by atoms with van der Waals surface area (Å²) in [5.74, 6) is 1.00. The fraction of sp³-hybridized carbons (Fsp3) is 0.500. The Labute approximate surface area is 153 Å². The van der Waals surface area contributed by atoms with Crippen molar-refractivity contribution < 1.29 is 13.2 Å². The maximum absolute atomic E-state index is 12.8. The summed E-state index contributed by atoms with van der Waals surface area (Å²) in [5.41, 5.74) is 1.80. The van der Waals surface area contributed by atoms with E-state index in [0.717, 1.165) is 55.3 Å². The van der Waals surface area contributed by atoms with Crippen LogP contribution in [-0.4, -0.2) is 53.6 Å². The molecule has 2 aromatic rings. The van der Waals surface area contributed by atoms with E-state index in [1.807, 2.05) is 4.90 Å². The third-order valence-electron chi connectivity index (χ3n) is 4.10. The van der Waals surface area contributed by atoms with Crippen LogP contribution in [0.25, 0.3) is 0 Å². The Kier molecular flexibility index (Phi) is 6.19. The van der Waals surface area contributed by atoms with Gasteiger partial charge in [0.05, 0.1) is 5.56 Å². The van der Waals surface area contributed by atoms with Gasteiger partial charge in [-0.1, -0.05) is 29.2 Å². The number of rotatable bonds is 6. The highest BCUT2D eigenvalue weighted by Gasteiger charge is 2.31. The van der Waals surface area contributed by atoms with Crippen molar-refractivity contribution >= 4 is 28.8 Å². The molecule has 1 aliphatic rings. The summed E-state index contributed by atoms with van der Waals surface area (Å²) in [6.45, 7) is 4.26. The number of nitrogens with zero attached hydrogens (tertiary/aromatic N) is 4. The fourth-order valence-corrected chi connectivity index (χ4v) is 4.27. The van der Waals surface area contributed by atoms with Crippen LogP contribution < -0.4 is 4.90 Å². The molecule has 0 bridgehead atoms. The maximum Gasteiger partial charge on any atom is 0.416 e. The summed E-state index contributed by atoms with van der Waals surface area (Å²) in [5, 5.41) is 7.81. The van der Waals surface area contributed by atoms with Gasteiger partial charge >= 0.3 is 6.18 Å². The molecule has 25 heavy (non-hydrogen) atoms. The molecule has 1 aromatic carbocycles. The van der Waals surface area contributed by atoms with Crippen molar-refractivity contribution in [1.29, 1.82) is 0 Å². The molecule has 0 saturated carbocycles. The van der Waals surface area contributed by atoms with E-state index >= 15 is 0 Å². The number of benzene rings is 1. The first kappa shape index (κ1) is 18.5. The Balaban J connectivity index is 1.42. The molecule has 0 amide bonds. The Morgan fingerprint density at radius 3 is 2.64 bits per heavy atom. The van der Waals surface area contributed by atoms with Crippen LogP contribution in [0.2, 0.25) is 0 Å². The monoisotopic (exact) mass is 388 g/mol. The molecule has 1 saturated heterocycles. The van der Waals surface area contributed by atoms with Crippen molar-refractivity contribution in [2.24, 2.45) is 0 Å². The Bertz CT molecular complexity index is 656. The number of thioether (sulfide) groups is 1. The number of aromatic nitrogens is 2. The van der Waals surface area contributed by atoms with E-state index in [1.165, 1.54) is 12.1 Å². The second kappa shape index (κ2) is 8.37. The molecule has 0 N–H and O–H groups in total. The highest BCUT2D eigenvalue weighted by Crippen LogP contribution is 2.31. The summed E-state index contributed by atoms with van der Waals surface area (Å²) in [6.07, 6.45) is -3.23. The van der Waals surface area contributed by atoms with Crippen molar-refractivity contribution in [3.8, 4) is 0 Å². The Morgan fingerprint density at radius 1 is 1.16 bits per heavy atom. The predicted octanol–water partition coefficient (Wildman–Crippen LogP) is 3.86. The minimum atomic E-state index is -4.29. The highest BCUT2D eigenvalue weighted by atomic mass is 32.2. The number of alkyl halides is 3. The standard InChI is InChI=1S/C16H19F3N4S2/c17-16(18,19)13-3-1-4-14(11-13)23-8-6-22(7-9-23)5-2-10-24-15-21-20-12-25-15/h1,3-4,11-12H,2,5-10H2. The van der Waals surface area contributed by atoms with Gasteiger partial charge in [0.25, 0.3) is 0 Å². The zero-order valence-corrected chi connectivity index (χ0v) is 15.2. The molecule has 3 rings (SSSR count). The molecule has 9 heteroatoms. The molecule has 2 heterocycles. The summed E-state index contributed by atoms with van der Waals surface area (Å²) < 4.78 is 39.5. The van der Waals surface area contributed by atoms with Crippen molar-refractivity contribution in [1.82, 2.24) is 15.1 Å². The lowest BCUT2D eigenvalue weighted by Crippen LogP contribution is -2.46. The number of hydrogen-bond donors (Lipinski definition) is 0. The summed E-state index contributed by atoms with van der Waals surface area (Å²) in [4.78, 5) is 4.40. The summed E-state index contributed by atoms with van der Waals surface area (Å²) in [7, 11) is 0. The van der Waals surface area contributed by atoms with E-state index in [4.69, 9.17) is 0 Å². The van der Waals surface area contributed by atoms with Crippen molar-refractivity contribution in [3.63, 3.8) is 0 Å². The van der Waals surface area contributed by atoms with E-state index in [1.54, 1.807) is 34.7 Å². The number of anilines is 1. The maximum atomic E-state index is 12.8. The zero-order chi connectivity index (χ0) is 17.7. The highest BCUT2D eigenvalue weighted by molar-refractivity contribution is 8.00. The minimum Gasteiger partial charge on any atom is -0.369 e. The lowest BCUT2D eigenvalue weighted by atomic mass is 10.1. The van der Waals surface area contributed by atoms with Gasteiger partial charge in [-0.25, -0.2) is 0 Å². The first-order valence-corrected chi connectivity index (χ1v) is 9.92. The van der Waals surface area contributed by atoms with Crippen LogP contribution in [0.1, 0.15) is 12.0 Å². The molecule has 0 atom stereocenters. The SMILES string of the molecule is FC(F)(F)c1cccc(N2CCN(CCCSc3nncs3)CC2)c1. The quantitative estimate of drug-likeness (QED) is 0.554. The van der Waals surface area contributed by atoms with Crippen LogP contribution in [0.3, 0.4) is 0 Å². The molecule has 0 aliphatic carbocycles. The van der Waals surface area contributed by atoms with Gasteiger partial charge in [-0.05, 0) is 31.2 Å². The van der Waals surface area contributed by atoms with Gasteiger partial charge < -0.3 is 4.90 Å². The second-order valence-corrected chi connectivity index (χ2v) is 7.96. The van der Waals surface area contributed by atoms with Crippen molar-refractivity contribution in [3.05, 3.63) is 35.3 Å². The summed E-state index contributed by atoms with van der Waals surface area (Å²) >= 11 is 3.27. The molecule has 4 nitrogen and oxygen atoms in total. The van der Waals surface area contributed by atoms with E-state index in [2.05, 4.69) is 15.1 Å². The molecule has 0 unspecified atom stereocenters. The van der Waals surface area contributed by atoms with Crippen molar-refractivity contribution in [2.75, 3.05) is 43.4 Å². The van der Waals surface area contributed by atoms with Crippen molar-refractivity contribution in [2.45, 2.75) is 16.9 Å². The van der Waals surface area contributed by atoms with E-state index in [9.17, 15) is 13.2 Å². The number of halogens is 3. The van der Waals surface area contributed by atoms with Gasteiger partial charge in [-0.15, -0.1) is 10.2 Å². The predicted molar refractivity (Wildman–Crippen MR) is 95.3 cm³/mol. The molecular formula is C16H19F3N4S2. The van der Waals surface area contributed by atoms with Gasteiger partial charge in [-0.2, -0.15) is 13.2 Å². The van der Waals surface area contributed by atoms with Gasteiger partial charge in [0.1, 0.15) is 5.51 Å². The molecule has 136 valence electrons. The molecule has 1 aromatic heterocycles. The van der Waals surface area contributed by atoms with Crippen LogP contribution in [-0.2, 0) is 6.18 Å². The van der Waals surface area contributed by atoms with E-state index < -0.39 is 11.7 Å². The van der Waals surface area contributed by atoms with Crippen LogP contribution in [0.4, 0.5) is 18.9 Å². The average molecular weight is 388 g/mol. The molecular weight excluding hydrogens is 369 g/mol. The minimum absolute atomic E-state index is 0.582. The lowest BCUT2D eigenvalue weighted by molar-refractivity contribution is -0.137. The van der Waals surface area contributed by atoms with Gasteiger partial charge in [0.2, 0.25) is 0 Å². The number of hydrogen-bond acceptors (Lipinski definition) is 6. The van der Waals surface area contributed by atoms with Crippen LogP contribution in [0.15, 0.2) is 34.1 Å². The smallest absolute Gasteiger partial charge is 0.369 e. The van der Waals surface area contributed by atoms with E-state index in [-0.39, 0.29) is 0 Å². The van der Waals surface area contributed by atoms with Crippen LogP contribution >= 0.6 is 23.1 Å². The second-order valence-electron chi connectivity index (χ2n) is 5.78. The molecule has 1 aliphatic heterocycles. The molecule has 0 radical (unpaired) electrons. The third-order valence-corrected chi connectivity index (χ3v) is 6.04. The molecule has 0 spiro atoms. The first-order valence-electron chi connectivity index (χ1n) is 8.06. The fourth-order valence-electron chi connectivity index (χ4n) is 2.78. The normalized spacial score (nSPS) is 16.4. The Hall–Kier alpha value is -1.32. The van der Waals surface area contributed by atoms with Gasteiger partial charge in [0.15, 0.2) is 4.34 Å². The van der Waals surface area contributed by atoms with Crippen LogP contribution in [0.5, 0.6) is 0 Å². The molecule has 1 fully saturated rings. The van der Waals surface area contributed by atoms with Crippen LogP contribution in [0, 0.1) is 0 Å². The summed E-state index contributed by atoms with van der Waals surface area (Å²) in [6, 6.07) is 5.60.